The van der Waals surface area contributed by atoms with Gasteiger partial charge in [-0.1, -0.05) is 12.2 Å². The zero-order valence-electron chi connectivity index (χ0n) is 4.56. The molecule has 0 heteroatoms. The molecule has 0 nitrogen and oxygen atoms in total. The van der Waals surface area contributed by atoms with Crippen molar-refractivity contribution in [2.75, 3.05) is 0 Å². The van der Waals surface area contributed by atoms with E-state index in [9.17, 15) is 0 Å². The van der Waals surface area contributed by atoms with Crippen molar-refractivity contribution in [3.8, 4) is 0 Å². The van der Waals surface area contributed by atoms with E-state index in [-0.39, 0.29) is 0 Å². The monoisotopic (exact) mass is 95.1 g/mol. The van der Waals surface area contributed by atoms with Gasteiger partial charge in [-0.25, -0.2) is 0 Å². The third-order valence-corrected chi connectivity index (χ3v) is 1.24. The van der Waals surface area contributed by atoms with Crippen LogP contribution in [0.25, 0.3) is 0 Å². The SMILES string of the molecule is C1=CCC[CH+]CC1. The van der Waals surface area contributed by atoms with Crippen LogP contribution in [0.1, 0.15) is 25.7 Å². The van der Waals surface area contributed by atoms with Gasteiger partial charge in [0.25, 0.3) is 0 Å². The lowest BCUT2D eigenvalue weighted by molar-refractivity contribution is 0.891. The number of hydrogen-bond donors (Lipinski definition) is 0. The summed E-state index contributed by atoms with van der Waals surface area (Å²) in [4.78, 5) is 0. The Bertz CT molecular complexity index is 54.4. The molecule has 0 saturated heterocycles. The van der Waals surface area contributed by atoms with Gasteiger partial charge in [-0.3, -0.25) is 0 Å². The average Bonchev–Trinajstić information content (AvgIpc) is 1.90. The number of rotatable bonds is 0. The fourth-order valence-electron chi connectivity index (χ4n) is 0.808. The normalized spacial score (nSPS) is 20.6. The van der Waals surface area contributed by atoms with Gasteiger partial charge in [0.1, 0.15) is 0 Å². The molecule has 0 spiro atoms. The van der Waals surface area contributed by atoms with Crippen LogP contribution in [0, 0.1) is 6.42 Å². The van der Waals surface area contributed by atoms with E-state index < -0.39 is 0 Å². The van der Waals surface area contributed by atoms with Crippen molar-refractivity contribution in [3.05, 3.63) is 18.6 Å². The van der Waals surface area contributed by atoms with Crippen LogP contribution in [0.5, 0.6) is 0 Å². The molecule has 0 fully saturated rings. The Morgan fingerprint density at radius 1 is 1.00 bits per heavy atom. The summed E-state index contributed by atoms with van der Waals surface area (Å²) >= 11 is 0. The number of allylic oxidation sites excluding steroid dienone is 2. The standard InChI is InChI=1S/C7H11/c1-2-4-6-7-5-3-1/h1-2,7H,3-6H2/q+1. The Morgan fingerprint density at radius 2 is 1.57 bits per heavy atom. The first kappa shape index (κ1) is 4.76. The van der Waals surface area contributed by atoms with Crippen molar-refractivity contribution in [1.29, 1.82) is 0 Å². The zero-order valence-corrected chi connectivity index (χ0v) is 4.56. The van der Waals surface area contributed by atoms with E-state index in [1.807, 2.05) is 0 Å². The van der Waals surface area contributed by atoms with E-state index in [0.29, 0.717) is 0 Å². The van der Waals surface area contributed by atoms with Crippen LogP contribution in [0.2, 0.25) is 0 Å². The molecule has 0 saturated carbocycles. The second kappa shape index (κ2) is 2.73. The Morgan fingerprint density at radius 3 is 2.14 bits per heavy atom. The molecule has 38 valence electrons. The Hall–Kier alpha value is -0.390. The third-order valence-electron chi connectivity index (χ3n) is 1.24. The lowest BCUT2D eigenvalue weighted by atomic mass is 10.2. The average molecular weight is 95.2 g/mol. The van der Waals surface area contributed by atoms with Gasteiger partial charge in [-0.05, 0) is 0 Å². The smallest absolute Gasteiger partial charge is 0.0841 e. The van der Waals surface area contributed by atoms with Crippen molar-refractivity contribution in [2.24, 2.45) is 0 Å². The first-order chi connectivity index (χ1) is 3.50. The molecule has 0 atom stereocenters. The van der Waals surface area contributed by atoms with Crippen molar-refractivity contribution >= 4 is 0 Å². The highest BCUT2D eigenvalue weighted by Gasteiger charge is 1.97. The van der Waals surface area contributed by atoms with Gasteiger partial charge in [0.2, 0.25) is 0 Å². The third kappa shape index (κ3) is 1.67. The minimum absolute atomic E-state index is 1.26. The van der Waals surface area contributed by atoms with Gasteiger partial charge in [-0.2, -0.15) is 0 Å². The molecule has 0 amide bonds. The summed E-state index contributed by atoms with van der Waals surface area (Å²) in [5.41, 5.74) is 0. The Kier molecular flexibility index (Phi) is 1.86. The molecule has 0 aromatic rings. The van der Waals surface area contributed by atoms with Gasteiger partial charge in [0.05, 0.1) is 19.3 Å². The summed E-state index contributed by atoms with van der Waals surface area (Å²) < 4.78 is 0. The lowest BCUT2D eigenvalue weighted by Gasteiger charge is -1.75. The van der Waals surface area contributed by atoms with Crippen molar-refractivity contribution in [1.82, 2.24) is 0 Å². The molecule has 1 aliphatic carbocycles. The highest BCUT2D eigenvalue weighted by Crippen LogP contribution is 2.07. The second-order valence-corrected chi connectivity index (χ2v) is 1.91. The highest BCUT2D eigenvalue weighted by molar-refractivity contribution is 4.88. The van der Waals surface area contributed by atoms with Gasteiger partial charge in [-0.15, -0.1) is 0 Å². The topological polar surface area (TPSA) is 0 Å². The van der Waals surface area contributed by atoms with Crippen LogP contribution in [0.15, 0.2) is 12.2 Å². The van der Waals surface area contributed by atoms with Gasteiger partial charge in [0, 0.05) is 12.8 Å². The molecule has 0 heterocycles. The molecule has 0 N–H and O–H groups in total. The molecule has 1 aliphatic rings. The molecule has 7 heavy (non-hydrogen) atoms. The molecule has 0 unspecified atom stereocenters. The van der Waals surface area contributed by atoms with Crippen LogP contribution < -0.4 is 0 Å². The van der Waals surface area contributed by atoms with E-state index in [1.165, 1.54) is 25.7 Å². The molecule has 0 radical (unpaired) electrons. The molecule has 0 aromatic carbocycles. The van der Waals surface area contributed by atoms with Crippen molar-refractivity contribution in [3.63, 3.8) is 0 Å². The molecular weight excluding hydrogens is 84.1 g/mol. The van der Waals surface area contributed by atoms with Crippen LogP contribution in [-0.4, -0.2) is 0 Å². The largest absolute Gasteiger partial charge is 0.0909 e. The van der Waals surface area contributed by atoms with E-state index in [2.05, 4.69) is 18.6 Å². The summed E-state index contributed by atoms with van der Waals surface area (Å²) in [5, 5.41) is 0. The van der Waals surface area contributed by atoms with E-state index >= 15 is 0 Å². The molecule has 1 rings (SSSR count). The first-order valence-corrected chi connectivity index (χ1v) is 2.97. The molecule has 0 aliphatic heterocycles. The minimum Gasteiger partial charge on any atom is -0.0841 e. The summed E-state index contributed by atoms with van der Waals surface area (Å²) in [6.45, 7) is 0. The quantitative estimate of drug-likeness (QED) is 0.320. The van der Waals surface area contributed by atoms with E-state index in [1.54, 1.807) is 0 Å². The van der Waals surface area contributed by atoms with E-state index in [4.69, 9.17) is 0 Å². The van der Waals surface area contributed by atoms with Crippen LogP contribution in [-0.2, 0) is 0 Å². The van der Waals surface area contributed by atoms with Crippen molar-refractivity contribution < 1.29 is 0 Å². The van der Waals surface area contributed by atoms with Gasteiger partial charge < -0.3 is 0 Å². The second-order valence-electron chi connectivity index (χ2n) is 1.91. The van der Waals surface area contributed by atoms with Crippen LogP contribution in [0.3, 0.4) is 0 Å². The zero-order chi connectivity index (χ0) is 4.95. The molecular formula is C7H11+. The number of hydrogen-bond acceptors (Lipinski definition) is 0. The minimum atomic E-state index is 1.26. The van der Waals surface area contributed by atoms with Crippen LogP contribution >= 0.6 is 0 Å². The summed E-state index contributed by atoms with van der Waals surface area (Å²) in [7, 11) is 0. The van der Waals surface area contributed by atoms with Gasteiger partial charge in [0.15, 0.2) is 0 Å². The predicted molar refractivity (Wildman–Crippen MR) is 31.9 cm³/mol. The summed E-state index contributed by atoms with van der Waals surface area (Å²) in [6.07, 6.45) is 12.0. The lowest BCUT2D eigenvalue weighted by Crippen LogP contribution is -1.68. The van der Waals surface area contributed by atoms with E-state index in [0.717, 1.165) is 0 Å². The summed E-state index contributed by atoms with van der Waals surface area (Å²) in [6, 6.07) is 0. The van der Waals surface area contributed by atoms with Gasteiger partial charge >= 0.3 is 0 Å². The highest BCUT2D eigenvalue weighted by atomic mass is 13.9. The summed E-state index contributed by atoms with van der Waals surface area (Å²) in [5.74, 6) is 0. The fraction of sp³-hybridized carbons (Fsp3) is 0.571. The maximum atomic E-state index is 2.36. The molecule has 0 aromatic heterocycles. The maximum absolute atomic E-state index is 2.36. The van der Waals surface area contributed by atoms with Crippen LogP contribution in [0.4, 0.5) is 0 Å². The maximum Gasteiger partial charge on any atom is 0.0909 e. The molecule has 0 bridgehead atoms. The van der Waals surface area contributed by atoms with Crippen molar-refractivity contribution in [2.45, 2.75) is 25.7 Å². The Labute approximate surface area is 45.2 Å². The fourth-order valence-corrected chi connectivity index (χ4v) is 0.808. The predicted octanol–water partition coefficient (Wildman–Crippen LogP) is 2.32. The Balaban J connectivity index is 2.20. The first-order valence-electron chi connectivity index (χ1n) is 2.97.